The number of cyclic esters (lactones) is 1. The Morgan fingerprint density at radius 1 is 1.10 bits per heavy atom. The Labute approximate surface area is 133 Å². The number of carbonyl (C=O) groups excluding carboxylic acids is 1. The van der Waals surface area contributed by atoms with Gasteiger partial charge >= 0.3 is 5.97 Å². The Kier molecular flexibility index (Phi) is 9.77. The highest BCUT2D eigenvalue weighted by molar-refractivity contribution is 6.22. The van der Waals surface area contributed by atoms with Crippen molar-refractivity contribution in [3.8, 4) is 0 Å². The average Bonchev–Trinajstić information content (AvgIpc) is 2.79. The number of esters is 1. The molecular weight excluding hydrogens is 288 g/mol. The summed E-state index contributed by atoms with van der Waals surface area (Å²) in [5.74, 6) is -0.494. The van der Waals surface area contributed by atoms with Crippen molar-refractivity contribution in [2.75, 3.05) is 0 Å². The molecule has 3 nitrogen and oxygen atoms in total. The third-order valence-electron chi connectivity index (χ3n) is 3.97. The van der Waals surface area contributed by atoms with Crippen LogP contribution in [0.3, 0.4) is 0 Å². The number of hydrogen-bond donors (Lipinski definition) is 1. The molecule has 1 aliphatic rings. The summed E-state index contributed by atoms with van der Waals surface area (Å²) in [6, 6.07) is 0. The van der Waals surface area contributed by atoms with E-state index in [9.17, 15) is 9.90 Å². The van der Waals surface area contributed by atoms with Gasteiger partial charge in [-0.25, -0.2) is 4.79 Å². The predicted octanol–water partition coefficient (Wildman–Crippen LogP) is 4.71. The Morgan fingerprint density at radius 2 is 1.62 bits per heavy atom. The maximum absolute atomic E-state index is 11.0. The van der Waals surface area contributed by atoms with Crippen LogP contribution in [0.15, 0.2) is 11.6 Å². The fourth-order valence-electron chi connectivity index (χ4n) is 2.64. The van der Waals surface area contributed by atoms with Gasteiger partial charge in [0.1, 0.15) is 0 Å². The van der Waals surface area contributed by atoms with Crippen molar-refractivity contribution < 1.29 is 14.6 Å². The molecule has 0 saturated carbocycles. The fourth-order valence-corrected chi connectivity index (χ4v) is 2.97. The highest BCUT2D eigenvalue weighted by Gasteiger charge is 2.28. The fraction of sp³-hybridized carbons (Fsp3) is 0.824. The number of unbranched alkanes of at least 4 members (excludes halogenated alkanes) is 9. The second-order valence-electron chi connectivity index (χ2n) is 5.87. The van der Waals surface area contributed by atoms with Crippen molar-refractivity contribution >= 4 is 17.6 Å². The summed E-state index contributed by atoms with van der Waals surface area (Å²) >= 11 is 6.20. The monoisotopic (exact) mass is 316 g/mol. The second-order valence-corrected chi connectivity index (χ2v) is 6.40. The molecule has 2 atom stereocenters. The number of halogens is 1. The number of aliphatic hydroxyl groups excluding tert-OH is 1. The van der Waals surface area contributed by atoms with E-state index in [0.29, 0.717) is 5.57 Å². The molecule has 4 heteroatoms. The predicted molar refractivity (Wildman–Crippen MR) is 86.3 cm³/mol. The third-order valence-corrected chi connectivity index (χ3v) is 4.44. The summed E-state index contributed by atoms with van der Waals surface area (Å²) in [5.41, 5.74) is 0.512. The zero-order valence-electron chi connectivity index (χ0n) is 13.2. The average molecular weight is 317 g/mol. The van der Waals surface area contributed by atoms with Gasteiger partial charge in [0.15, 0.2) is 0 Å². The van der Waals surface area contributed by atoms with Gasteiger partial charge < -0.3 is 9.84 Å². The van der Waals surface area contributed by atoms with Crippen molar-refractivity contribution in [2.45, 2.75) is 89.2 Å². The van der Waals surface area contributed by atoms with Crippen molar-refractivity contribution in [2.24, 2.45) is 0 Å². The smallest absolute Gasteiger partial charge is 0.333 e. The Balaban J connectivity index is 1.95. The van der Waals surface area contributed by atoms with Crippen LogP contribution in [0.4, 0.5) is 0 Å². The Morgan fingerprint density at radius 3 is 2.10 bits per heavy atom. The third kappa shape index (κ3) is 7.87. The van der Waals surface area contributed by atoms with E-state index in [1.807, 2.05) is 0 Å². The number of carbonyl (C=O) groups is 1. The SMILES string of the molecule is CCCCCCCCCCCCC(Cl)C1=CC(=O)OC1O. The van der Waals surface area contributed by atoms with Gasteiger partial charge in [0, 0.05) is 11.6 Å². The lowest BCUT2D eigenvalue weighted by molar-refractivity contribution is -0.151. The van der Waals surface area contributed by atoms with E-state index in [1.54, 1.807) is 0 Å². The first-order chi connectivity index (χ1) is 10.1. The summed E-state index contributed by atoms with van der Waals surface area (Å²) in [4.78, 5) is 11.0. The van der Waals surface area contributed by atoms with Gasteiger partial charge in [-0.05, 0) is 6.42 Å². The van der Waals surface area contributed by atoms with Gasteiger partial charge in [0.05, 0.1) is 5.38 Å². The molecule has 0 bridgehead atoms. The molecule has 0 fully saturated rings. The second kappa shape index (κ2) is 11.1. The minimum absolute atomic E-state index is 0.291. The molecular formula is C17H29ClO3. The summed E-state index contributed by atoms with van der Waals surface area (Å²) in [5, 5.41) is 9.20. The first kappa shape index (κ1) is 18.5. The molecule has 21 heavy (non-hydrogen) atoms. The summed E-state index contributed by atoms with van der Waals surface area (Å²) < 4.78 is 4.63. The quantitative estimate of drug-likeness (QED) is 0.322. The van der Waals surface area contributed by atoms with Gasteiger partial charge in [0.25, 0.3) is 0 Å². The van der Waals surface area contributed by atoms with Crippen LogP contribution in [0.5, 0.6) is 0 Å². The van der Waals surface area contributed by atoms with Gasteiger partial charge in [-0.15, -0.1) is 11.6 Å². The lowest BCUT2D eigenvalue weighted by Gasteiger charge is -2.13. The van der Waals surface area contributed by atoms with Crippen molar-refractivity contribution in [1.29, 1.82) is 0 Å². The highest BCUT2D eigenvalue weighted by Crippen LogP contribution is 2.25. The van der Waals surface area contributed by atoms with Crippen LogP contribution in [0.1, 0.15) is 77.6 Å². The van der Waals surface area contributed by atoms with E-state index in [2.05, 4.69) is 11.7 Å². The zero-order valence-corrected chi connectivity index (χ0v) is 13.9. The standard InChI is InChI=1S/C17H29ClO3/c1-2-3-4-5-6-7-8-9-10-11-12-15(18)14-13-16(19)21-17(14)20/h13,15,17,20H,2-12H2,1H3. The van der Waals surface area contributed by atoms with Crippen LogP contribution in [0.25, 0.3) is 0 Å². The van der Waals surface area contributed by atoms with E-state index in [1.165, 1.54) is 57.4 Å². The van der Waals surface area contributed by atoms with Crippen LogP contribution >= 0.6 is 11.6 Å². The number of hydrogen-bond acceptors (Lipinski definition) is 3. The number of rotatable bonds is 12. The molecule has 1 heterocycles. The van der Waals surface area contributed by atoms with E-state index in [0.717, 1.165) is 19.3 Å². The lowest BCUT2D eigenvalue weighted by atomic mass is 10.0. The van der Waals surface area contributed by atoms with Crippen LogP contribution in [0, 0.1) is 0 Å². The summed E-state index contributed by atoms with van der Waals surface area (Å²) in [7, 11) is 0. The molecule has 0 spiro atoms. The minimum atomic E-state index is -1.14. The van der Waals surface area contributed by atoms with Crippen molar-refractivity contribution in [3.63, 3.8) is 0 Å². The van der Waals surface area contributed by atoms with Crippen LogP contribution < -0.4 is 0 Å². The molecule has 0 radical (unpaired) electrons. The number of ether oxygens (including phenoxy) is 1. The molecule has 0 amide bonds. The van der Waals surface area contributed by atoms with Gasteiger partial charge in [-0.2, -0.15) is 0 Å². The number of aliphatic hydroxyl groups is 1. The number of alkyl halides is 1. The molecule has 122 valence electrons. The van der Waals surface area contributed by atoms with E-state index < -0.39 is 12.3 Å². The maximum Gasteiger partial charge on any atom is 0.333 e. The van der Waals surface area contributed by atoms with E-state index in [4.69, 9.17) is 11.6 Å². The van der Waals surface area contributed by atoms with Crippen molar-refractivity contribution in [3.05, 3.63) is 11.6 Å². The molecule has 1 rings (SSSR count). The molecule has 2 unspecified atom stereocenters. The lowest BCUT2D eigenvalue weighted by Crippen LogP contribution is -2.16. The minimum Gasteiger partial charge on any atom is -0.429 e. The zero-order chi connectivity index (χ0) is 15.5. The highest BCUT2D eigenvalue weighted by atomic mass is 35.5. The summed E-state index contributed by atoms with van der Waals surface area (Å²) in [6.45, 7) is 2.24. The first-order valence-electron chi connectivity index (χ1n) is 8.39. The van der Waals surface area contributed by atoms with Crippen LogP contribution in [-0.2, 0) is 9.53 Å². The Hall–Kier alpha value is -0.540. The van der Waals surface area contributed by atoms with E-state index >= 15 is 0 Å². The molecule has 0 aliphatic carbocycles. The molecule has 1 aliphatic heterocycles. The van der Waals surface area contributed by atoms with Gasteiger partial charge in [-0.1, -0.05) is 71.1 Å². The molecule has 0 aromatic carbocycles. The molecule has 1 N–H and O–H groups in total. The normalized spacial score (nSPS) is 19.5. The van der Waals surface area contributed by atoms with Crippen LogP contribution in [0.2, 0.25) is 0 Å². The topological polar surface area (TPSA) is 46.5 Å². The van der Waals surface area contributed by atoms with Crippen molar-refractivity contribution in [1.82, 2.24) is 0 Å². The Bertz CT molecular complexity index is 328. The van der Waals surface area contributed by atoms with Gasteiger partial charge in [0.2, 0.25) is 6.29 Å². The molecule has 0 aromatic heterocycles. The maximum atomic E-state index is 11.0. The molecule has 0 aromatic rings. The van der Waals surface area contributed by atoms with Crippen LogP contribution in [-0.4, -0.2) is 22.7 Å². The first-order valence-corrected chi connectivity index (χ1v) is 8.83. The van der Waals surface area contributed by atoms with Gasteiger partial charge in [-0.3, -0.25) is 0 Å². The van der Waals surface area contributed by atoms with E-state index in [-0.39, 0.29) is 5.38 Å². The molecule has 0 saturated heterocycles. The largest absolute Gasteiger partial charge is 0.429 e. The summed E-state index contributed by atoms with van der Waals surface area (Å²) in [6.07, 6.45) is 13.8.